The molecule has 0 saturated heterocycles. The third kappa shape index (κ3) is 2.12. The molecule has 0 heterocycles. The SMILES string of the molecule is C=CC(C=C)ON=O. The van der Waals surface area contributed by atoms with Gasteiger partial charge in [0.05, 0.1) is 0 Å². The molecule has 3 heteroatoms. The van der Waals surface area contributed by atoms with Gasteiger partial charge < -0.3 is 4.84 Å². The fraction of sp³-hybridized carbons (Fsp3) is 0.200. The molecule has 0 atom stereocenters. The second-order valence-electron chi connectivity index (χ2n) is 1.12. The normalized spacial score (nSPS) is 8.12. The third-order valence-electron chi connectivity index (χ3n) is 0.629. The Bertz CT molecular complexity index is 92.6. The predicted octanol–water partition coefficient (Wildman–Crippen LogP) is 1.43. The van der Waals surface area contributed by atoms with E-state index < -0.39 is 6.10 Å². The maximum Gasteiger partial charge on any atom is 0.166 e. The maximum atomic E-state index is 9.37. The molecule has 0 unspecified atom stereocenters. The molecule has 0 bridgehead atoms. The number of hydrogen-bond acceptors (Lipinski definition) is 3. The van der Waals surface area contributed by atoms with Crippen LogP contribution in [0.15, 0.2) is 30.7 Å². The Morgan fingerprint density at radius 1 is 1.50 bits per heavy atom. The summed E-state index contributed by atoms with van der Waals surface area (Å²) in [7, 11) is 0. The molecular weight excluding hydrogens is 106 g/mol. The highest BCUT2D eigenvalue weighted by molar-refractivity contribution is 4.93. The lowest BCUT2D eigenvalue weighted by atomic mass is 10.4. The van der Waals surface area contributed by atoms with Crippen molar-refractivity contribution in [1.82, 2.24) is 0 Å². The predicted molar refractivity (Wildman–Crippen MR) is 31.1 cm³/mol. The molecular formula is C5H7NO2. The fourth-order valence-electron chi connectivity index (χ4n) is 0.232. The molecule has 0 radical (unpaired) electrons. The minimum atomic E-state index is -0.451. The van der Waals surface area contributed by atoms with Crippen molar-refractivity contribution in [2.45, 2.75) is 6.10 Å². The Morgan fingerprint density at radius 2 is 2.00 bits per heavy atom. The zero-order valence-corrected chi connectivity index (χ0v) is 4.41. The first kappa shape index (κ1) is 6.88. The van der Waals surface area contributed by atoms with E-state index in [1.54, 1.807) is 0 Å². The van der Waals surface area contributed by atoms with E-state index in [4.69, 9.17) is 0 Å². The van der Waals surface area contributed by atoms with Crippen LogP contribution in [0, 0.1) is 4.91 Å². The summed E-state index contributed by atoms with van der Waals surface area (Å²) in [4.78, 5) is 13.5. The quantitative estimate of drug-likeness (QED) is 0.314. The average molecular weight is 113 g/mol. The zero-order chi connectivity index (χ0) is 6.41. The molecule has 44 valence electrons. The highest BCUT2D eigenvalue weighted by atomic mass is 16.7. The number of rotatable bonds is 4. The van der Waals surface area contributed by atoms with Gasteiger partial charge in [-0.1, -0.05) is 13.2 Å². The van der Waals surface area contributed by atoms with Gasteiger partial charge in [-0.3, -0.25) is 0 Å². The van der Waals surface area contributed by atoms with Crippen LogP contribution >= 0.6 is 0 Å². The van der Waals surface area contributed by atoms with Crippen LogP contribution < -0.4 is 0 Å². The summed E-state index contributed by atoms with van der Waals surface area (Å²) in [6, 6.07) is 0. The first-order chi connectivity index (χ1) is 3.85. The van der Waals surface area contributed by atoms with E-state index in [0.717, 1.165) is 0 Å². The molecule has 0 aliphatic heterocycles. The monoisotopic (exact) mass is 113 g/mol. The highest BCUT2D eigenvalue weighted by Crippen LogP contribution is 1.92. The van der Waals surface area contributed by atoms with E-state index in [1.165, 1.54) is 12.2 Å². The van der Waals surface area contributed by atoms with Gasteiger partial charge in [0.2, 0.25) is 0 Å². The van der Waals surface area contributed by atoms with Crippen LogP contribution in [-0.2, 0) is 4.84 Å². The van der Waals surface area contributed by atoms with Crippen molar-refractivity contribution in [3.8, 4) is 0 Å². The Morgan fingerprint density at radius 3 is 2.12 bits per heavy atom. The van der Waals surface area contributed by atoms with Gasteiger partial charge in [0.25, 0.3) is 0 Å². The third-order valence-corrected chi connectivity index (χ3v) is 0.629. The van der Waals surface area contributed by atoms with Crippen LogP contribution in [0.1, 0.15) is 0 Å². The molecule has 0 fully saturated rings. The minimum Gasteiger partial charge on any atom is -0.352 e. The topological polar surface area (TPSA) is 38.7 Å². The summed E-state index contributed by atoms with van der Waals surface area (Å²) in [5.41, 5.74) is 0. The molecule has 0 amide bonds. The van der Waals surface area contributed by atoms with Gasteiger partial charge in [-0.25, -0.2) is 0 Å². The van der Waals surface area contributed by atoms with Gasteiger partial charge in [-0.2, -0.15) is 0 Å². The lowest BCUT2D eigenvalue weighted by Gasteiger charge is -1.97. The molecule has 8 heavy (non-hydrogen) atoms. The molecule has 0 aromatic carbocycles. The van der Waals surface area contributed by atoms with Crippen molar-refractivity contribution in [3.05, 3.63) is 30.2 Å². The van der Waals surface area contributed by atoms with Gasteiger partial charge in [-0.05, 0) is 12.2 Å². The van der Waals surface area contributed by atoms with E-state index in [2.05, 4.69) is 23.3 Å². The van der Waals surface area contributed by atoms with Crippen molar-refractivity contribution in [2.75, 3.05) is 0 Å². The Balaban J connectivity index is 3.50. The van der Waals surface area contributed by atoms with Gasteiger partial charge in [-0.15, -0.1) is 4.91 Å². The second kappa shape index (κ2) is 4.05. The van der Waals surface area contributed by atoms with Crippen LogP contribution in [0.5, 0.6) is 0 Å². The van der Waals surface area contributed by atoms with Gasteiger partial charge in [0.15, 0.2) is 11.4 Å². The smallest absolute Gasteiger partial charge is 0.166 e. The summed E-state index contributed by atoms with van der Waals surface area (Å²) in [5, 5.41) is 2.19. The molecule has 0 aromatic heterocycles. The minimum absolute atomic E-state index is 0.451. The Hall–Kier alpha value is -1.12. The zero-order valence-electron chi connectivity index (χ0n) is 4.41. The van der Waals surface area contributed by atoms with Crippen molar-refractivity contribution in [3.63, 3.8) is 0 Å². The van der Waals surface area contributed by atoms with Crippen LogP contribution in [0.4, 0.5) is 0 Å². The molecule has 3 nitrogen and oxygen atoms in total. The van der Waals surface area contributed by atoms with Crippen molar-refractivity contribution >= 4 is 0 Å². The average Bonchev–Trinajstić information content (AvgIpc) is 1.83. The molecule has 0 aliphatic rings. The summed E-state index contributed by atoms with van der Waals surface area (Å²) in [6.45, 7) is 6.71. The van der Waals surface area contributed by atoms with E-state index in [9.17, 15) is 4.91 Å². The van der Waals surface area contributed by atoms with Crippen LogP contribution in [-0.4, -0.2) is 6.10 Å². The lowest BCUT2D eigenvalue weighted by molar-refractivity contribution is 0.120. The number of hydrogen-bond donors (Lipinski definition) is 0. The molecule has 0 saturated carbocycles. The number of nitrogens with zero attached hydrogens (tertiary/aromatic N) is 1. The first-order valence-corrected chi connectivity index (χ1v) is 2.08. The molecule has 0 N–H and O–H groups in total. The van der Waals surface area contributed by atoms with Gasteiger partial charge >= 0.3 is 0 Å². The highest BCUT2D eigenvalue weighted by Gasteiger charge is 1.94. The van der Waals surface area contributed by atoms with Crippen LogP contribution in [0.25, 0.3) is 0 Å². The van der Waals surface area contributed by atoms with Crippen LogP contribution in [0.3, 0.4) is 0 Å². The maximum absolute atomic E-state index is 9.37. The fourth-order valence-corrected chi connectivity index (χ4v) is 0.232. The van der Waals surface area contributed by atoms with Gasteiger partial charge in [0.1, 0.15) is 0 Å². The van der Waals surface area contributed by atoms with Crippen molar-refractivity contribution in [1.29, 1.82) is 0 Å². The van der Waals surface area contributed by atoms with Crippen molar-refractivity contribution < 1.29 is 4.84 Å². The Kier molecular flexibility index (Phi) is 3.48. The molecule has 0 spiro atoms. The lowest BCUT2D eigenvalue weighted by Crippen LogP contribution is -1.98. The first-order valence-electron chi connectivity index (χ1n) is 2.08. The summed E-state index contributed by atoms with van der Waals surface area (Å²) in [5.74, 6) is 0. The van der Waals surface area contributed by atoms with E-state index in [-0.39, 0.29) is 0 Å². The van der Waals surface area contributed by atoms with E-state index in [0.29, 0.717) is 0 Å². The standard InChI is InChI=1S/C5H7NO2/c1-3-5(4-2)8-6-7/h3-5H,1-2H2. The molecule has 0 aliphatic carbocycles. The molecule has 0 aromatic rings. The van der Waals surface area contributed by atoms with Crippen molar-refractivity contribution in [2.24, 2.45) is 5.34 Å². The van der Waals surface area contributed by atoms with Crippen LogP contribution in [0.2, 0.25) is 0 Å². The van der Waals surface area contributed by atoms with E-state index in [1.807, 2.05) is 0 Å². The van der Waals surface area contributed by atoms with Gasteiger partial charge in [0, 0.05) is 0 Å². The second-order valence-corrected chi connectivity index (χ2v) is 1.12. The summed E-state index contributed by atoms with van der Waals surface area (Å²) >= 11 is 0. The largest absolute Gasteiger partial charge is 0.352 e. The van der Waals surface area contributed by atoms with E-state index >= 15 is 0 Å². The summed E-state index contributed by atoms with van der Waals surface area (Å²) in [6.07, 6.45) is 2.40. The Labute approximate surface area is 47.6 Å². The summed E-state index contributed by atoms with van der Waals surface area (Å²) < 4.78 is 0. The molecule has 0 rings (SSSR count).